The third-order valence-corrected chi connectivity index (χ3v) is 7.58. The summed E-state index contributed by atoms with van der Waals surface area (Å²) < 4.78 is 25.3. The fourth-order valence-corrected chi connectivity index (χ4v) is 4.84. The lowest BCUT2D eigenvalue weighted by Gasteiger charge is -2.11. The number of benzene rings is 1. The summed E-state index contributed by atoms with van der Waals surface area (Å²) in [6.45, 7) is 0.290. The van der Waals surface area contributed by atoms with Gasteiger partial charge in [0.15, 0.2) is 0 Å². The highest BCUT2D eigenvalue weighted by Crippen LogP contribution is 2.21. The summed E-state index contributed by atoms with van der Waals surface area (Å²) in [4.78, 5) is 26.2. The molecule has 0 atom stereocenters. The van der Waals surface area contributed by atoms with E-state index in [1.165, 1.54) is 61.0 Å². The number of carbonyl (C=O) groups excluding carboxylic acids is 2. The minimum atomic E-state index is -3.53. The summed E-state index contributed by atoms with van der Waals surface area (Å²) in [7, 11) is -0.621. The normalized spacial score (nSPS) is 11.5. The summed E-state index contributed by atoms with van der Waals surface area (Å²) in [5.74, 6) is -0.338. The van der Waals surface area contributed by atoms with Crippen LogP contribution in [0.15, 0.2) is 58.1 Å². The summed E-state index contributed by atoms with van der Waals surface area (Å²) in [6, 6.07) is 11.1. The minimum Gasteiger partial charge on any atom is -0.347 e. The van der Waals surface area contributed by atoms with Gasteiger partial charge >= 0.3 is 0 Å². The molecule has 0 saturated carbocycles. The van der Waals surface area contributed by atoms with Crippen LogP contribution in [-0.2, 0) is 16.6 Å². The first-order valence-corrected chi connectivity index (χ1v) is 11.5. The van der Waals surface area contributed by atoms with Crippen molar-refractivity contribution in [2.24, 2.45) is 0 Å². The van der Waals surface area contributed by atoms with Gasteiger partial charge < -0.3 is 5.32 Å². The Kier molecular flexibility index (Phi) is 6.09. The van der Waals surface area contributed by atoms with E-state index >= 15 is 0 Å². The van der Waals surface area contributed by atoms with E-state index in [-0.39, 0.29) is 23.1 Å². The summed E-state index contributed by atoms with van der Waals surface area (Å²) in [5, 5.41) is 6.45. The Hall–Kier alpha value is -2.33. The van der Waals surface area contributed by atoms with Crippen LogP contribution >= 0.6 is 22.7 Å². The first-order valence-electron chi connectivity index (χ1n) is 8.25. The van der Waals surface area contributed by atoms with Gasteiger partial charge in [-0.15, -0.1) is 11.3 Å². The van der Waals surface area contributed by atoms with Crippen LogP contribution in [0.25, 0.3) is 0 Å². The van der Waals surface area contributed by atoms with Gasteiger partial charge in [0.1, 0.15) is 0 Å². The number of nitrogens with one attached hydrogen (secondary N) is 1. The van der Waals surface area contributed by atoms with Gasteiger partial charge in [0, 0.05) is 35.5 Å². The van der Waals surface area contributed by atoms with Gasteiger partial charge in [-0.3, -0.25) is 9.59 Å². The second-order valence-corrected chi connectivity index (χ2v) is 10.2. The van der Waals surface area contributed by atoms with Gasteiger partial charge in [0.2, 0.25) is 15.8 Å². The highest BCUT2D eigenvalue weighted by atomic mass is 32.2. The highest BCUT2D eigenvalue weighted by Gasteiger charge is 2.18. The largest absolute Gasteiger partial charge is 0.347 e. The van der Waals surface area contributed by atoms with Gasteiger partial charge in [-0.2, -0.15) is 11.3 Å². The third kappa shape index (κ3) is 4.39. The second kappa shape index (κ2) is 8.36. The van der Waals surface area contributed by atoms with Gasteiger partial charge in [0.25, 0.3) is 5.91 Å². The van der Waals surface area contributed by atoms with E-state index in [2.05, 4.69) is 5.32 Å². The van der Waals surface area contributed by atoms with Crippen molar-refractivity contribution in [3.05, 3.63) is 74.1 Å². The Morgan fingerprint density at radius 3 is 2.32 bits per heavy atom. The van der Waals surface area contributed by atoms with E-state index < -0.39 is 10.0 Å². The highest BCUT2D eigenvalue weighted by molar-refractivity contribution is 7.89. The molecule has 0 spiro atoms. The Labute approximate surface area is 171 Å². The number of amides is 1. The van der Waals surface area contributed by atoms with Crippen LogP contribution in [0.1, 0.15) is 30.5 Å². The molecule has 3 aromatic rings. The molecule has 2 heterocycles. The quantitative estimate of drug-likeness (QED) is 0.579. The van der Waals surface area contributed by atoms with Gasteiger partial charge in [-0.25, -0.2) is 12.7 Å². The van der Waals surface area contributed by atoms with Crippen LogP contribution in [0.3, 0.4) is 0 Å². The molecular weight excluding hydrogens is 416 g/mol. The van der Waals surface area contributed by atoms with Crippen LogP contribution in [0, 0.1) is 0 Å². The lowest BCUT2D eigenvalue weighted by Crippen LogP contribution is -2.24. The Balaban J connectivity index is 1.62. The predicted octanol–water partition coefficient (Wildman–Crippen LogP) is 3.22. The molecule has 0 unspecified atom stereocenters. The summed E-state index contributed by atoms with van der Waals surface area (Å²) in [6.07, 6.45) is 0. The van der Waals surface area contributed by atoms with Crippen molar-refractivity contribution >= 4 is 44.4 Å². The topological polar surface area (TPSA) is 83.6 Å². The van der Waals surface area contributed by atoms with E-state index in [9.17, 15) is 18.0 Å². The smallest absolute Gasteiger partial charge is 0.251 e. The molecule has 0 bridgehead atoms. The van der Waals surface area contributed by atoms with Gasteiger partial charge in [-0.1, -0.05) is 0 Å². The Bertz CT molecular complexity index is 1080. The molecule has 1 amide bonds. The van der Waals surface area contributed by atoms with Crippen molar-refractivity contribution in [3.63, 3.8) is 0 Å². The van der Waals surface area contributed by atoms with Crippen LogP contribution in [-0.4, -0.2) is 38.5 Å². The number of hydrogen-bond donors (Lipinski definition) is 1. The maximum absolute atomic E-state index is 12.3. The maximum atomic E-state index is 12.3. The molecule has 9 heteroatoms. The van der Waals surface area contributed by atoms with Crippen molar-refractivity contribution < 1.29 is 18.0 Å². The molecule has 0 saturated heterocycles. The van der Waals surface area contributed by atoms with Crippen molar-refractivity contribution in [3.8, 4) is 0 Å². The average molecular weight is 435 g/mol. The molecule has 1 aromatic carbocycles. The first kappa shape index (κ1) is 20.4. The summed E-state index contributed by atoms with van der Waals surface area (Å²) >= 11 is 2.81. The van der Waals surface area contributed by atoms with Crippen LogP contribution < -0.4 is 5.32 Å². The minimum absolute atomic E-state index is 0.0264. The lowest BCUT2D eigenvalue weighted by molar-refractivity contribution is 0.0950. The molecule has 1 N–H and O–H groups in total. The fourth-order valence-electron chi connectivity index (χ4n) is 2.39. The zero-order chi connectivity index (χ0) is 20.3. The number of sulfonamides is 1. The van der Waals surface area contributed by atoms with Crippen molar-refractivity contribution in [1.29, 1.82) is 0 Å². The molecule has 6 nitrogen and oxygen atoms in total. The van der Waals surface area contributed by atoms with Crippen LogP contribution in [0.2, 0.25) is 0 Å². The zero-order valence-electron chi connectivity index (χ0n) is 15.2. The predicted molar refractivity (Wildman–Crippen MR) is 111 cm³/mol. The van der Waals surface area contributed by atoms with Gasteiger partial charge in [0.05, 0.1) is 16.3 Å². The number of ketones is 1. The average Bonchev–Trinajstić information content (AvgIpc) is 3.37. The van der Waals surface area contributed by atoms with Crippen LogP contribution in [0.4, 0.5) is 0 Å². The van der Waals surface area contributed by atoms with Crippen LogP contribution in [0.5, 0.6) is 0 Å². The standard InChI is InChI=1S/C19H18N2O4S3/c1-21(2)28(24,25)16-6-3-13(4-7-16)19(23)20-11-15-5-8-17(27-15)18(22)14-9-10-26-12-14/h3-10,12H,11H2,1-2H3,(H,20,23). The maximum Gasteiger partial charge on any atom is 0.251 e. The van der Waals surface area contributed by atoms with E-state index in [0.717, 1.165) is 9.18 Å². The summed E-state index contributed by atoms with van der Waals surface area (Å²) in [5.41, 5.74) is 1.03. The second-order valence-electron chi connectivity index (χ2n) is 6.10. The SMILES string of the molecule is CN(C)S(=O)(=O)c1ccc(C(=O)NCc2ccc(C(=O)c3ccsc3)s2)cc1. The molecular formula is C19H18N2O4S3. The van der Waals surface area contributed by atoms with E-state index in [1.54, 1.807) is 12.1 Å². The fraction of sp³-hybridized carbons (Fsp3) is 0.158. The number of thiophene rings is 2. The number of rotatable bonds is 7. The molecule has 0 aliphatic rings. The molecule has 0 aliphatic heterocycles. The Morgan fingerprint density at radius 2 is 1.71 bits per heavy atom. The molecule has 146 valence electrons. The first-order chi connectivity index (χ1) is 13.3. The van der Waals surface area contributed by atoms with E-state index in [0.29, 0.717) is 16.0 Å². The molecule has 0 radical (unpaired) electrons. The van der Waals surface area contributed by atoms with Crippen molar-refractivity contribution in [2.75, 3.05) is 14.1 Å². The van der Waals surface area contributed by atoms with Crippen molar-refractivity contribution in [1.82, 2.24) is 9.62 Å². The number of nitrogens with zero attached hydrogens (tertiary/aromatic N) is 1. The molecule has 28 heavy (non-hydrogen) atoms. The van der Waals surface area contributed by atoms with Gasteiger partial charge in [-0.05, 0) is 47.8 Å². The van der Waals surface area contributed by atoms with E-state index in [1.807, 2.05) is 16.8 Å². The molecule has 0 fully saturated rings. The molecule has 2 aromatic heterocycles. The van der Waals surface area contributed by atoms with E-state index in [4.69, 9.17) is 0 Å². The monoisotopic (exact) mass is 434 g/mol. The van der Waals surface area contributed by atoms with Crippen molar-refractivity contribution in [2.45, 2.75) is 11.4 Å². The number of hydrogen-bond acceptors (Lipinski definition) is 6. The number of carbonyl (C=O) groups is 2. The molecule has 3 rings (SSSR count). The third-order valence-electron chi connectivity index (χ3n) is 3.99. The lowest BCUT2D eigenvalue weighted by atomic mass is 10.2. The molecule has 0 aliphatic carbocycles. The zero-order valence-corrected chi connectivity index (χ0v) is 17.7. The Morgan fingerprint density at radius 1 is 1.00 bits per heavy atom.